The largest absolute Gasteiger partial charge is 0.497 e. The molecule has 0 atom stereocenters. The van der Waals surface area contributed by atoms with E-state index in [0.29, 0.717) is 52.7 Å². The molecule has 6 nitrogen and oxygen atoms in total. The van der Waals surface area contributed by atoms with E-state index in [1.807, 2.05) is 0 Å². The molecular weight excluding hydrogens is 448 g/mol. The SMILES string of the molecule is COc1ccc(Br)c(C(=O)N2CCN(C(=O)COc3ccc(Cl)cc3)CC2)c1. The van der Waals surface area contributed by atoms with Crippen LogP contribution in [0.3, 0.4) is 0 Å². The zero-order valence-electron chi connectivity index (χ0n) is 15.4. The van der Waals surface area contributed by atoms with Crippen molar-refractivity contribution in [2.45, 2.75) is 0 Å². The van der Waals surface area contributed by atoms with Gasteiger partial charge in [0.2, 0.25) is 0 Å². The quantitative estimate of drug-likeness (QED) is 0.676. The fraction of sp³-hybridized carbons (Fsp3) is 0.300. The van der Waals surface area contributed by atoms with Gasteiger partial charge in [0, 0.05) is 35.7 Å². The van der Waals surface area contributed by atoms with Gasteiger partial charge in [-0.15, -0.1) is 0 Å². The Morgan fingerprint density at radius 1 is 1.00 bits per heavy atom. The normalized spacial score (nSPS) is 14.0. The highest BCUT2D eigenvalue weighted by Gasteiger charge is 2.26. The van der Waals surface area contributed by atoms with E-state index in [1.54, 1.807) is 59.4 Å². The van der Waals surface area contributed by atoms with E-state index in [2.05, 4.69) is 15.9 Å². The lowest BCUT2D eigenvalue weighted by molar-refractivity contribution is -0.134. The molecule has 0 N–H and O–H groups in total. The molecule has 1 saturated heterocycles. The number of benzene rings is 2. The average Bonchev–Trinajstić information content (AvgIpc) is 2.73. The monoisotopic (exact) mass is 466 g/mol. The molecule has 28 heavy (non-hydrogen) atoms. The van der Waals surface area contributed by atoms with Crippen molar-refractivity contribution >= 4 is 39.3 Å². The Kier molecular flexibility index (Phi) is 6.80. The maximum absolute atomic E-state index is 12.8. The third-order valence-electron chi connectivity index (χ3n) is 4.50. The molecule has 2 aromatic carbocycles. The Bertz CT molecular complexity index is 852. The van der Waals surface area contributed by atoms with Gasteiger partial charge in [-0.25, -0.2) is 0 Å². The minimum atomic E-state index is -0.107. The molecule has 0 aliphatic carbocycles. The van der Waals surface area contributed by atoms with Crippen LogP contribution in [0.5, 0.6) is 11.5 Å². The lowest BCUT2D eigenvalue weighted by atomic mass is 10.1. The van der Waals surface area contributed by atoms with Crippen LogP contribution in [0.4, 0.5) is 0 Å². The van der Waals surface area contributed by atoms with Crippen molar-refractivity contribution in [3.05, 3.63) is 57.5 Å². The number of methoxy groups -OCH3 is 1. The van der Waals surface area contributed by atoms with Gasteiger partial charge in [0.15, 0.2) is 6.61 Å². The van der Waals surface area contributed by atoms with Crippen molar-refractivity contribution in [3.63, 3.8) is 0 Å². The third kappa shape index (κ3) is 4.97. The van der Waals surface area contributed by atoms with Gasteiger partial charge in [0.1, 0.15) is 11.5 Å². The molecule has 2 amide bonds. The number of amides is 2. The van der Waals surface area contributed by atoms with Gasteiger partial charge < -0.3 is 19.3 Å². The fourth-order valence-electron chi connectivity index (χ4n) is 2.89. The van der Waals surface area contributed by atoms with Crippen LogP contribution in [0, 0.1) is 0 Å². The summed E-state index contributed by atoms with van der Waals surface area (Å²) in [5, 5.41) is 0.613. The van der Waals surface area contributed by atoms with Gasteiger partial charge >= 0.3 is 0 Å². The zero-order chi connectivity index (χ0) is 20.1. The highest BCUT2D eigenvalue weighted by molar-refractivity contribution is 9.10. The molecule has 1 fully saturated rings. The van der Waals surface area contributed by atoms with Gasteiger partial charge in [-0.2, -0.15) is 0 Å². The summed E-state index contributed by atoms with van der Waals surface area (Å²) in [6.07, 6.45) is 0. The van der Waals surface area contributed by atoms with Crippen molar-refractivity contribution < 1.29 is 19.1 Å². The first-order valence-corrected chi connectivity index (χ1v) is 9.94. The smallest absolute Gasteiger partial charge is 0.260 e. The first-order valence-electron chi connectivity index (χ1n) is 8.77. The number of hydrogen-bond acceptors (Lipinski definition) is 4. The van der Waals surface area contributed by atoms with Gasteiger partial charge in [-0.1, -0.05) is 11.6 Å². The second-order valence-electron chi connectivity index (χ2n) is 6.26. The van der Waals surface area contributed by atoms with Crippen molar-refractivity contribution in [1.29, 1.82) is 0 Å². The molecule has 0 radical (unpaired) electrons. The summed E-state index contributed by atoms with van der Waals surface area (Å²) in [5.74, 6) is 1.02. The molecule has 0 bridgehead atoms. The average molecular weight is 468 g/mol. The highest BCUT2D eigenvalue weighted by atomic mass is 79.9. The van der Waals surface area contributed by atoms with Crippen LogP contribution in [0.25, 0.3) is 0 Å². The molecule has 148 valence electrons. The predicted molar refractivity (Wildman–Crippen MR) is 110 cm³/mol. The topological polar surface area (TPSA) is 59.1 Å². The summed E-state index contributed by atoms with van der Waals surface area (Å²) in [6.45, 7) is 1.83. The highest BCUT2D eigenvalue weighted by Crippen LogP contribution is 2.24. The van der Waals surface area contributed by atoms with Crippen molar-refractivity contribution in [3.8, 4) is 11.5 Å². The fourth-order valence-corrected chi connectivity index (χ4v) is 3.43. The van der Waals surface area contributed by atoms with Crippen LogP contribution in [0.1, 0.15) is 10.4 Å². The van der Waals surface area contributed by atoms with Gasteiger partial charge in [0.25, 0.3) is 11.8 Å². The van der Waals surface area contributed by atoms with E-state index in [0.717, 1.165) is 0 Å². The van der Waals surface area contributed by atoms with E-state index < -0.39 is 0 Å². The van der Waals surface area contributed by atoms with E-state index in [-0.39, 0.29) is 18.4 Å². The number of carbonyl (C=O) groups is 2. The molecule has 0 unspecified atom stereocenters. The summed E-state index contributed by atoms with van der Waals surface area (Å²) in [6, 6.07) is 12.2. The van der Waals surface area contributed by atoms with Gasteiger partial charge in [0.05, 0.1) is 12.7 Å². The Morgan fingerprint density at radius 3 is 2.25 bits per heavy atom. The second-order valence-corrected chi connectivity index (χ2v) is 7.55. The number of nitrogens with zero attached hydrogens (tertiary/aromatic N) is 2. The van der Waals surface area contributed by atoms with Crippen LogP contribution in [-0.2, 0) is 4.79 Å². The van der Waals surface area contributed by atoms with Crippen molar-refractivity contribution in [2.75, 3.05) is 39.9 Å². The molecule has 0 spiro atoms. The van der Waals surface area contributed by atoms with Crippen LogP contribution in [0.2, 0.25) is 5.02 Å². The van der Waals surface area contributed by atoms with Gasteiger partial charge in [-0.3, -0.25) is 9.59 Å². The molecule has 1 aliphatic heterocycles. The molecule has 0 aromatic heterocycles. The molecule has 3 rings (SSSR count). The maximum atomic E-state index is 12.8. The molecule has 1 aliphatic rings. The van der Waals surface area contributed by atoms with Crippen LogP contribution < -0.4 is 9.47 Å². The number of ether oxygens (including phenoxy) is 2. The number of carbonyl (C=O) groups excluding carboxylic acids is 2. The molecule has 8 heteroatoms. The standard InChI is InChI=1S/C20H20BrClN2O4/c1-27-16-6-7-18(21)17(12-16)20(26)24-10-8-23(9-11-24)19(25)13-28-15-4-2-14(22)3-5-15/h2-7,12H,8-11,13H2,1H3. The maximum Gasteiger partial charge on any atom is 0.260 e. The van der Waals surface area contributed by atoms with Crippen LogP contribution in [-0.4, -0.2) is 61.5 Å². The first kappa shape index (κ1) is 20.5. The second kappa shape index (κ2) is 9.30. The summed E-state index contributed by atoms with van der Waals surface area (Å²) in [5.41, 5.74) is 0.546. The number of piperazine rings is 1. The minimum absolute atomic E-state index is 0.0446. The van der Waals surface area contributed by atoms with E-state index in [1.165, 1.54) is 0 Å². The molecule has 2 aromatic rings. The Labute approximate surface area is 177 Å². The van der Waals surface area contributed by atoms with E-state index >= 15 is 0 Å². The molecule has 0 saturated carbocycles. The van der Waals surface area contributed by atoms with Gasteiger partial charge in [-0.05, 0) is 58.4 Å². The predicted octanol–water partition coefficient (Wildman–Crippen LogP) is 3.47. The summed E-state index contributed by atoms with van der Waals surface area (Å²) < 4.78 is 11.4. The molecular formula is C20H20BrClN2O4. The van der Waals surface area contributed by atoms with E-state index in [9.17, 15) is 9.59 Å². The van der Waals surface area contributed by atoms with E-state index in [4.69, 9.17) is 21.1 Å². The summed E-state index contributed by atoms with van der Waals surface area (Å²) in [7, 11) is 1.56. The lowest BCUT2D eigenvalue weighted by Gasteiger charge is -2.35. The Hall–Kier alpha value is -2.25. The first-order chi connectivity index (χ1) is 13.5. The van der Waals surface area contributed by atoms with Crippen molar-refractivity contribution in [2.24, 2.45) is 0 Å². The molecule has 1 heterocycles. The third-order valence-corrected chi connectivity index (χ3v) is 5.44. The Balaban J connectivity index is 1.53. The number of halogens is 2. The van der Waals surface area contributed by atoms with Crippen molar-refractivity contribution in [1.82, 2.24) is 9.80 Å². The van der Waals surface area contributed by atoms with Crippen LogP contribution in [0.15, 0.2) is 46.9 Å². The Morgan fingerprint density at radius 2 is 1.61 bits per heavy atom. The number of hydrogen-bond donors (Lipinski definition) is 0. The summed E-state index contributed by atoms with van der Waals surface area (Å²) >= 11 is 9.25. The van der Waals surface area contributed by atoms with Crippen LogP contribution >= 0.6 is 27.5 Å². The minimum Gasteiger partial charge on any atom is -0.497 e. The lowest BCUT2D eigenvalue weighted by Crippen LogP contribution is -2.51. The zero-order valence-corrected chi connectivity index (χ0v) is 17.7. The number of rotatable bonds is 5. The summed E-state index contributed by atoms with van der Waals surface area (Å²) in [4.78, 5) is 28.6.